The third kappa shape index (κ3) is 4.81. The second-order valence-electron chi connectivity index (χ2n) is 9.17. The van der Waals surface area contributed by atoms with Gasteiger partial charge in [0, 0.05) is 44.4 Å². The van der Waals surface area contributed by atoms with E-state index in [1.807, 2.05) is 12.1 Å². The predicted octanol–water partition coefficient (Wildman–Crippen LogP) is 5.95. The molecule has 0 bridgehead atoms. The van der Waals surface area contributed by atoms with E-state index in [0.29, 0.717) is 50.8 Å². The van der Waals surface area contributed by atoms with Crippen molar-refractivity contribution in [1.29, 1.82) is 0 Å². The molecule has 2 aliphatic rings. The highest BCUT2D eigenvalue weighted by atomic mass is 79.9. The zero-order valence-electron chi connectivity index (χ0n) is 19.4. The first-order valence-electron chi connectivity index (χ1n) is 11.7. The number of fused-ring (bicyclic) bond motifs is 1. The topological polar surface area (TPSA) is 98.7 Å². The molecule has 7 nitrogen and oxygen atoms in total. The number of benzene rings is 3. The number of rotatable bonds is 6. The number of hydrogen-bond acceptors (Lipinski definition) is 4. The van der Waals surface area contributed by atoms with Crippen molar-refractivity contribution in [2.24, 2.45) is 0 Å². The number of anilines is 2. The van der Waals surface area contributed by atoms with Gasteiger partial charge in [-0.1, -0.05) is 57.3 Å². The van der Waals surface area contributed by atoms with E-state index in [4.69, 9.17) is 23.2 Å². The molecule has 0 aliphatic carbocycles. The van der Waals surface area contributed by atoms with Crippen LogP contribution in [0.3, 0.4) is 0 Å². The van der Waals surface area contributed by atoms with E-state index in [1.165, 1.54) is 4.90 Å². The highest BCUT2D eigenvalue weighted by molar-refractivity contribution is 9.10. The second-order valence-corrected chi connectivity index (χ2v) is 11.0. The monoisotopic (exact) mass is 601 g/mol. The lowest BCUT2D eigenvalue weighted by molar-refractivity contribution is -0.141. The zero-order chi connectivity index (χ0) is 26.3. The fourth-order valence-electron chi connectivity index (χ4n) is 5.10. The van der Waals surface area contributed by atoms with Crippen LogP contribution in [0.25, 0.3) is 0 Å². The molecule has 2 amide bonds. The molecule has 37 heavy (non-hydrogen) atoms. The van der Waals surface area contributed by atoms with Crippen LogP contribution in [-0.4, -0.2) is 40.4 Å². The van der Waals surface area contributed by atoms with Crippen molar-refractivity contribution in [3.8, 4) is 0 Å². The molecule has 0 aromatic heterocycles. The van der Waals surface area contributed by atoms with Crippen LogP contribution < -0.4 is 10.6 Å². The summed E-state index contributed by atoms with van der Waals surface area (Å²) in [4.78, 5) is 40.4. The van der Waals surface area contributed by atoms with E-state index in [-0.39, 0.29) is 17.9 Å². The van der Waals surface area contributed by atoms with E-state index in [9.17, 15) is 19.5 Å². The summed E-state index contributed by atoms with van der Waals surface area (Å²) in [6.45, 7) is 0.348. The van der Waals surface area contributed by atoms with Gasteiger partial charge in [0.15, 0.2) is 0 Å². The van der Waals surface area contributed by atoms with E-state index < -0.39 is 23.5 Å². The first-order valence-corrected chi connectivity index (χ1v) is 13.2. The van der Waals surface area contributed by atoms with Crippen molar-refractivity contribution in [2.75, 3.05) is 17.2 Å². The van der Waals surface area contributed by atoms with E-state index in [1.54, 1.807) is 48.5 Å². The highest BCUT2D eigenvalue weighted by Gasteiger charge is 2.48. The van der Waals surface area contributed by atoms with Crippen LogP contribution >= 0.6 is 39.1 Å². The number of halogens is 3. The van der Waals surface area contributed by atoms with Crippen molar-refractivity contribution >= 4 is 68.3 Å². The van der Waals surface area contributed by atoms with Gasteiger partial charge in [-0.3, -0.25) is 9.59 Å². The molecular weight excluding hydrogens is 581 g/mol. The fraction of sp³-hybridized carbons (Fsp3) is 0.222. The SMILES string of the molecule is O=C(O)C1CCCN1C(=O)c1ccc(Br)cc1NC1(Cc2cccc(Cl)c2)C(=O)Nc2cc(Cl)ccc21. The molecule has 10 heteroatoms. The molecule has 0 radical (unpaired) electrons. The van der Waals surface area contributed by atoms with E-state index in [0.717, 1.165) is 5.56 Å². The van der Waals surface area contributed by atoms with Crippen LogP contribution in [0, 0.1) is 0 Å². The number of nitrogens with zero attached hydrogens (tertiary/aromatic N) is 1. The van der Waals surface area contributed by atoms with Gasteiger partial charge in [0.05, 0.1) is 5.56 Å². The van der Waals surface area contributed by atoms with Crippen LogP contribution in [0.5, 0.6) is 0 Å². The number of carbonyl (C=O) groups excluding carboxylic acids is 2. The van der Waals surface area contributed by atoms with Crippen LogP contribution in [0.2, 0.25) is 10.0 Å². The number of amides is 2. The predicted molar refractivity (Wildman–Crippen MR) is 146 cm³/mol. The highest BCUT2D eigenvalue weighted by Crippen LogP contribution is 2.43. The second kappa shape index (κ2) is 10.0. The molecule has 0 saturated carbocycles. The van der Waals surface area contributed by atoms with Gasteiger partial charge < -0.3 is 20.6 Å². The van der Waals surface area contributed by atoms with Gasteiger partial charge in [0.25, 0.3) is 11.8 Å². The molecule has 2 heterocycles. The summed E-state index contributed by atoms with van der Waals surface area (Å²) in [5.41, 5.74) is 1.43. The van der Waals surface area contributed by atoms with Gasteiger partial charge in [-0.05, 0) is 60.9 Å². The number of hydrogen-bond donors (Lipinski definition) is 3. The molecule has 2 atom stereocenters. The number of nitrogens with one attached hydrogen (secondary N) is 2. The maximum Gasteiger partial charge on any atom is 0.326 e. The maximum absolute atomic E-state index is 13.7. The summed E-state index contributed by atoms with van der Waals surface area (Å²) in [6, 6.07) is 16.6. The molecule has 5 rings (SSSR count). The fourth-order valence-corrected chi connectivity index (χ4v) is 5.84. The molecule has 3 aromatic carbocycles. The number of carboxylic acids is 1. The van der Waals surface area contributed by atoms with E-state index in [2.05, 4.69) is 26.6 Å². The van der Waals surface area contributed by atoms with Gasteiger partial charge in [-0.2, -0.15) is 0 Å². The van der Waals surface area contributed by atoms with Crippen molar-refractivity contribution in [3.63, 3.8) is 0 Å². The third-order valence-corrected chi connectivity index (χ3v) is 7.76. The van der Waals surface area contributed by atoms with Crippen LogP contribution in [0.15, 0.2) is 65.1 Å². The Balaban J connectivity index is 1.62. The average Bonchev–Trinajstić information content (AvgIpc) is 3.42. The normalized spacial score (nSPS) is 20.5. The number of carbonyl (C=O) groups is 3. The minimum absolute atomic E-state index is 0.232. The third-order valence-electron chi connectivity index (χ3n) is 6.79. The summed E-state index contributed by atoms with van der Waals surface area (Å²) in [5.74, 6) is -1.75. The Labute approximate surface area is 231 Å². The van der Waals surface area contributed by atoms with Gasteiger partial charge >= 0.3 is 5.97 Å². The number of likely N-dealkylation sites (tertiary alicyclic amines) is 1. The minimum Gasteiger partial charge on any atom is -0.480 e. The standard InChI is InChI=1S/C27H22BrCl2N3O4/c28-16-6-8-19(24(34)33-10-2-5-23(33)25(35)36)21(12-16)32-27(14-15-3-1-4-17(29)11-15)20-9-7-18(30)13-22(20)31-26(27)37/h1,3-4,6-9,11-13,23,32H,2,5,10,14H2,(H,31,37)(H,35,36). The average molecular weight is 603 g/mol. The van der Waals surface area contributed by atoms with Gasteiger partial charge in [0.2, 0.25) is 0 Å². The van der Waals surface area contributed by atoms with Crippen LogP contribution in [-0.2, 0) is 21.5 Å². The van der Waals surface area contributed by atoms with Crippen molar-refractivity contribution in [3.05, 3.63) is 91.9 Å². The molecule has 3 aromatic rings. The summed E-state index contributed by atoms with van der Waals surface area (Å²) >= 11 is 15.9. The van der Waals surface area contributed by atoms with E-state index >= 15 is 0 Å². The molecule has 0 spiro atoms. The Morgan fingerprint density at radius 3 is 2.65 bits per heavy atom. The van der Waals surface area contributed by atoms with Crippen molar-refractivity contribution < 1.29 is 19.5 Å². The summed E-state index contributed by atoms with van der Waals surface area (Å²) in [6.07, 6.45) is 1.24. The summed E-state index contributed by atoms with van der Waals surface area (Å²) in [7, 11) is 0. The molecule has 1 saturated heterocycles. The molecule has 3 N–H and O–H groups in total. The lowest BCUT2D eigenvalue weighted by Crippen LogP contribution is -2.45. The summed E-state index contributed by atoms with van der Waals surface area (Å²) in [5, 5.41) is 16.9. The number of aliphatic carboxylic acids is 1. The quantitative estimate of drug-likeness (QED) is 0.324. The van der Waals surface area contributed by atoms with Crippen LogP contribution in [0.1, 0.15) is 34.3 Å². The van der Waals surface area contributed by atoms with Gasteiger partial charge in [-0.25, -0.2) is 4.79 Å². The maximum atomic E-state index is 13.7. The van der Waals surface area contributed by atoms with Crippen molar-refractivity contribution in [2.45, 2.75) is 30.8 Å². The van der Waals surface area contributed by atoms with Gasteiger partial charge in [0.1, 0.15) is 11.6 Å². The smallest absolute Gasteiger partial charge is 0.326 e. The largest absolute Gasteiger partial charge is 0.480 e. The lowest BCUT2D eigenvalue weighted by Gasteiger charge is -2.32. The molecule has 2 aliphatic heterocycles. The summed E-state index contributed by atoms with van der Waals surface area (Å²) < 4.78 is 0.690. The Morgan fingerprint density at radius 1 is 1.11 bits per heavy atom. The van der Waals surface area contributed by atoms with Crippen molar-refractivity contribution in [1.82, 2.24) is 4.90 Å². The Kier molecular flexibility index (Phi) is 6.91. The van der Waals surface area contributed by atoms with Gasteiger partial charge in [-0.15, -0.1) is 0 Å². The zero-order valence-corrected chi connectivity index (χ0v) is 22.5. The molecule has 190 valence electrons. The minimum atomic E-state index is -1.29. The van der Waals surface area contributed by atoms with Crippen LogP contribution in [0.4, 0.5) is 11.4 Å². The Hall–Kier alpha value is -3.07. The lowest BCUT2D eigenvalue weighted by atomic mass is 9.84. The Bertz CT molecular complexity index is 1430. The first kappa shape index (κ1) is 25.6. The first-order chi connectivity index (χ1) is 17.7. The Morgan fingerprint density at radius 2 is 1.89 bits per heavy atom. The molecular formula is C27H22BrCl2N3O4. The molecule has 1 fully saturated rings. The number of carboxylic acid groups (broad SMARTS) is 1. The molecule has 2 unspecified atom stereocenters.